The number of carboxylic acids is 1. The summed E-state index contributed by atoms with van der Waals surface area (Å²) in [5.74, 6) is -1.26. The van der Waals surface area contributed by atoms with E-state index in [9.17, 15) is 4.79 Å². The number of pyridine rings is 1. The van der Waals surface area contributed by atoms with Crippen LogP contribution in [0.1, 0.15) is 29.7 Å². The number of nitrogens with zero attached hydrogens (tertiary/aromatic N) is 2. The SMILES string of the molecule is CC(C(=O)O)c1ccc(CN(C)Cc2ccccn2)cc1. The Kier molecular flexibility index (Phi) is 5.06. The number of aromatic nitrogens is 1. The molecule has 0 aliphatic rings. The molecule has 21 heavy (non-hydrogen) atoms. The van der Waals surface area contributed by atoms with Crippen molar-refractivity contribution in [2.75, 3.05) is 7.05 Å². The highest BCUT2D eigenvalue weighted by Gasteiger charge is 2.13. The molecule has 0 bridgehead atoms. The molecule has 1 unspecified atom stereocenters. The Hall–Kier alpha value is -2.20. The van der Waals surface area contributed by atoms with Gasteiger partial charge in [0.15, 0.2) is 0 Å². The summed E-state index contributed by atoms with van der Waals surface area (Å²) in [5.41, 5.74) is 3.03. The largest absolute Gasteiger partial charge is 0.481 e. The van der Waals surface area contributed by atoms with Gasteiger partial charge in [-0.1, -0.05) is 30.3 Å². The Bertz CT molecular complexity index is 581. The van der Waals surface area contributed by atoms with Crippen LogP contribution in [-0.4, -0.2) is 28.0 Å². The van der Waals surface area contributed by atoms with E-state index < -0.39 is 11.9 Å². The van der Waals surface area contributed by atoms with Crippen molar-refractivity contribution in [2.24, 2.45) is 0 Å². The molecule has 4 heteroatoms. The number of carbonyl (C=O) groups is 1. The predicted molar refractivity (Wildman–Crippen MR) is 81.9 cm³/mol. The third-order valence-electron chi connectivity index (χ3n) is 3.46. The normalized spacial score (nSPS) is 12.3. The van der Waals surface area contributed by atoms with Gasteiger partial charge in [-0.05, 0) is 37.2 Å². The third-order valence-corrected chi connectivity index (χ3v) is 3.46. The minimum Gasteiger partial charge on any atom is -0.481 e. The fraction of sp³-hybridized carbons (Fsp3) is 0.294. The zero-order chi connectivity index (χ0) is 15.2. The lowest BCUT2D eigenvalue weighted by atomic mass is 10.00. The van der Waals surface area contributed by atoms with Crippen molar-refractivity contribution < 1.29 is 9.90 Å². The summed E-state index contributed by atoms with van der Waals surface area (Å²) in [7, 11) is 2.04. The van der Waals surface area contributed by atoms with E-state index in [0.29, 0.717) is 0 Å². The maximum Gasteiger partial charge on any atom is 0.310 e. The molecule has 0 aliphatic carbocycles. The maximum atomic E-state index is 11.0. The summed E-state index contributed by atoms with van der Waals surface area (Å²) in [6.45, 7) is 3.29. The van der Waals surface area contributed by atoms with Crippen LogP contribution in [0.15, 0.2) is 48.7 Å². The first-order chi connectivity index (χ1) is 10.1. The van der Waals surface area contributed by atoms with Crippen LogP contribution in [-0.2, 0) is 17.9 Å². The van der Waals surface area contributed by atoms with Crippen LogP contribution in [0.2, 0.25) is 0 Å². The van der Waals surface area contributed by atoms with Crippen molar-refractivity contribution in [1.82, 2.24) is 9.88 Å². The smallest absolute Gasteiger partial charge is 0.310 e. The van der Waals surface area contributed by atoms with Crippen molar-refractivity contribution in [1.29, 1.82) is 0 Å². The van der Waals surface area contributed by atoms with Crippen LogP contribution in [0, 0.1) is 0 Å². The molecule has 0 aliphatic heterocycles. The van der Waals surface area contributed by atoms with Crippen LogP contribution in [0.3, 0.4) is 0 Å². The molecule has 2 rings (SSSR count). The molecule has 0 spiro atoms. The molecule has 1 N–H and O–H groups in total. The van der Waals surface area contributed by atoms with Gasteiger partial charge in [0, 0.05) is 19.3 Å². The Morgan fingerprint density at radius 2 is 1.90 bits per heavy atom. The van der Waals surface area contributed by atoms with Crippen molar-refractivity contribution in [3.05, 3.63) is 65.5 Å². The van der Waals surface area contributed by atoms with Gasteiger partial charge in [-0.25, -0.2) is 0 Å². The zero-order valence-electron chi connectivity index (χ0n) is 12.4. The molecular formula is C17H20N2O2. The van der Waals surface area contributed by atoms with Gasteiger partial charge < -0.3 is 5.11 Å². The van der Waals surface area contributed by atoms with E-state index in [-0.39, 0.29) is 0 Å². The second kappa shape index (κ2) is 6.99. The number of rotatable bonds is 6. The summed E-state index contributed by atoms with van der Waals surface area (Å²) in [4.78, 5) is 17.4. The standard InChI is InChI=1S/C17H20N2O2/c1-13(17(20)21)15-8-6-14(7-9-15)11-19(2)12-16-5-3-4-10-18-16/h3-10,13H,11-12H2,1-2H3,(H,20,21). The van der Waals surface area contributed by atoms with E-state index >= 15 is 0 Å². The van der Waals surface area contributed by atoms with Crippen LogP contribution in [0.4, 0.5) is 0 Å². The molecule has 1 atom stereocenters. The Morgan fingerprint density at radius 1 is 1.19 bits per heavy atom. The Balaban J connectivity index is 1.95. The summed E-state index contributed by atoms with van der Waals surface area (Å²) in [6.07, 6.45) is 1.80. The summed E-state index contributed by atoms with van der Waals surface area (Å²) in [5, 5.41) is 9.00. The van der Waals surface area contributed by atoms with E-state index in [1.807, 2.05) is 49.5 Å². The summed E-state index contributed by atoms with van der Waals surface area (Å²) >= 11 is 0. The van der Waals surface area contributed by atoms with Crippen molar-refractivity contribution >= 4 is 5.97 Å². The fourth-order valence-electron chi connectivity index (χ4n) is 2.19. The monoisotopic (exact) mass is 284 g/mol. The lowest BCUT2D eigenvalue weighted by Gasteiger charge is -2.16. The van der Waals surface area contributed by atoms with Gasteiger partial charge in [-0.2, -0.15) is 0 Å². The highest BCUT2D eigenvalue weighted by Crippen LogP contribution is 2.17. The van der Waals surface area contributed by atoms with Gasteiger partial charge in [-0.15, -0.1) is 0 Å². The maximum absolute atomic E-state index is 11.0. The third kappa shape index (κ3) is 4.39. The number of hydrogen-bond acceptors (Lipinski definition) is 3. The van der Waals surface area contributed by atoms with E-state index in [1.165, 1.54) is 0 Å². The lowest BCUT2D eigenvalue weighted by Crippen LogP contribution is -2.18. The van der Waals surface area contributed by atoms with Gasteiger partial charge in [0.1, 0.15) is 0 Å². The first-order valence-corrected chi connectivity index (χ1v) is 6.96. The zero-order valence-corrected chi connectivity index (χ0v) is 12.4. The van der Waals surface area contributed by atoms with Gasteiger partial charge >= 0.3 is 5.97 Å². The number of carboxylic acid groups (broad SMARTS) is 1. The molecule has 0 fully saturated rings. The number of hydrogen-bond donors (Lipinski definition) is 1. The van der Waals surface area contributed by atoms with Crippen molar-refractivity contribution in [2.45, 2.75) is 25.9 Å². The molecule has 0 radical (unpaired) electrons. The molecular weight excluding hydrogens is 264 g/mol. The summed E-state index contributed by atoms with van der Waals surface area (Å²) < 4.78 is 0. The minimum atomic E-state index is -0.796. The second-order valence-electron chi connectivity index (χ2n) is 5.29. The highest BCUT2D eigenvalue weighted by atomic mass is 16.4. The second-order valence-corrected chi connectivity index (χ2v) is 5.29. The lowest BCUT2D eigenvalue weighted by molar-refractivity contribution is -0.138. The first kappa shape index (κ1) is 15.2. The molecule has 1 heterocycles. The molecule has 0 saturated carbocycles. The Labute approximate surface area is 125 Å². The number of benzene rings is 1. The van der Waals surface area contributed by atoms with Gasteiger partial charge in [0.05, 0.1) is 11.6 Å². The minimum absolute atomic E-state index is 0.467. The van der Waals surface area contributed by atoms with Crippen LogP contribution >= 0.6 is 0 Å². The van der Waals surface area contributed by atoms with E-state index in [1.54, 1.807) is 13.1 Å². The topological polar surface area (TPSA) is 53.4 Å². The molecule has 2 aromatic rings. The van der Waals surface area contributed by atoms with Crippen LogP contribution in [0.5, 0.6) is 0 Å². The fourth-order valence-corrected chi connectivity index (χ4v) is 2.19. The van der Waals surface area contributed by atoms with Gasteiger partial charge in [-0.3, -0.25) is 14.7 Å². The highest BCUT2D eigenvalue weighted by molar-refractivity contribution is 5.75. The molecule has 0 saturated heterocycles. The molecule has 1 aromatic heterocycles. The average Bonchev–Trinajstić information content (AvgIpc) is 2.48. The quantitative estimate of drug-likeness (QED) is 0.886. The van der Waals surface area contributed by atoms with E-state index in [0.717, 1.165) is 29.9 Å². The van der Waals surface area contributed by atoms with E-state index in [4.69, 9.17) is 5.11 Å². The molecule has 4 nitrogen and oxygen atoms in total. The van der Waals surface area contributed by atoms with Gasteiger partial charge in [0.25, 0.3) is 0 Å². The van der Waals surface area contributed by atoms with Gasteiger partial charge in [0.2, 0.25) is 0 Å². The van der Waals surface area contributed by atoms with Crippen LogP contribution < -0.4 is 0 Å². The molecule has 1 aromatic carbocycles. The van der Waals surface area contributed by atoms with Crippen molar-refractivity contribution in [3.63, 3.8) is 0 Å². The molecule has 0 amide bonds. The number of aliphatic carboxylic acids is 1. The Morgan fingerprint density at radius 3 is 2.48 bits per heavy atom. The van der Waals surface area contributed by atoms with Crippen molar-refractivity contribution in [3.8, 4) is 0 Å². The predicted octanol–water partition coefficient (Wildman–Crippen LogP) is 2.90. The molecule has 110 valence electrons. The average molecular weight is 284 g/mol. The van der Waals surface area contributed by atoms with Crippen LogP contribution in [0.25, 0.3) is 0 Å². The summed E-state index contributed by atoms with van der Waals surface area (Å²) in [6, 6.07) is 13.7. The van der Waals surface area contributed by atoms with E-state index in [2.05, 4.69) is 9.88 Å². The first-order valence-electron chi connectivity index (χ1n) is 6.96.